The minimum absolute atomic E-state index is 0.349. The topological polar surface area (TPSA) is 26.0 Å². The van der Waals surface area contributed by atoms with Crippen molar-refractivity contribution in [1.29, 1.82) is 0 Å². The molecule has 104 valence electrons. The molecule has 0 fully saturated rings. The molecule has 1 aliphatic rings. The number of hydrogen-bond donors (Lipinski definition) is 1. The van der Waals surface area contributed by atoms with Gasteiger partial charge in [-0.1, -0.05) is 18.2 Å². The van der Waals surface area contributed by atoms with Gasteiger partial charge < -0.3 is 5.73 Å². The minimum Gasteiger partial charge on any atom is -0.320 e. The van der Waals surface area contributed by atoms with Crippen LogP contribution in [0.1, 0.15) is 40.3 Å². The van der Waals surface area contributed by atoms with E-state index in [9.17, 15) is 8.78 Å². The molecule has 0 radical (unpaired) electrons. The summed E-state index contributed by atoms with van der Waals surface area (Å²) in [5.74, 6) is -1.12. The first kappa shape index (κ1) is 13.3. The van der Waals surface area contributed by atoms with Gasteiger partial charge in [-0.15, -0.1) is 0 Å². The molecular formula is C17H17F2N. The Hall–Kier alpha value is -1.74. The Morgan fingerprint density at radius 3 is 2.55 bits per heavy atom. The number of aryl methyl sites for hydroxylation is 3. The van der Waals surface area contributed by atoms with Crippen molar-refractivity contribution in [3.63, 3.8) is 0 Å². The molecule has 3 heteroatoms. The summed E-state index contributed by atoms with van der Waals surface area (Å²) < 4.78 is 27.2. The molecule has 0 aromatic heterocycles. The van der Waals surface area contributed by atoms with Crippen molar-refractivity contribution in [2.45, 2.75) is 32.2 Å². The summed E-state index contributed by atoms with van der Waals surface area (Å²) in [6, 6.07) is 7.95. The zero-order chi connectivity index (χ0) is 14.3. The van der Waals surface area contributed by atoms with Gasteiger partial charge in [0.1, 0.15) is 11.6 Å². The van der Waals surface area contributed by atoms with Gasteiger partial charge in [-0.3, -0.25) is 0 Å². The van der Waals surface area contributed by atoms with Crippen molar-refractivity contribution in [2.24, 2.45) is 5.73 Å². The van der Waals surface area contributed by atoms with E-state index in [-0.39, 0.29) is 0 Å². The number of benzene rings is 2. The molecule has 0 heterocycles. The monoisotopic (exact) mass is 273 g/mol. The summed E-state index contributed by atoms with van der Waals surface area (Å²) in [6.45, 7) is 1.62. The van der Waals surface area contributed by atoms with E-state index >= 15 is 0 Å². The number of nitrogens with two attached hydrogens (primary N) is 1. The Bertz CT molecular complexity index is 664. The lowest BCUT2D eigenvalue weighted by atomic mass is 9.95. The van der Waals surface area contributed by atoms with E-state index in [0.717, 1.165) is 30.9 Å². The summed E-state index contributed by atoms with van der Waals surface area (Å²) in [7, 11) is 0. The van der Waals surface area contributed by atoms with Crippen LogP contribution < -0.4 is 5.73 Å². The molecule has 0 spiro atoms. The van der Waals surface area contributed by atoms with Gasteiger partial charge in [-0.05, 0) is 54.5 Å². The Morgan fingerprint density at radius 2 is 1.75 bits per heavy atom. The predicted molar refractivity (Wildman–Crippen MR) is 75.6 cm³/mol. The second-order valence-corrected chi connectivity index (χ2v) is 5.48. The van der Waals surface area contributed by atoms with Gasteiger partial charge in [0.25, 0.3) is 0 Å². The molecule has 1 unspecified atom stereocenters. The molecular weight excluding hydrogens is 256 g/mol. The fourth-order valence-corrected chi connectivity index (χ4v) is 2.88. The van der Waals surface area contributed by atoms with Crippen LogP contribution in [-0.2, 0) is 12.8 Å². The van der Waals surface area contributed by atoms with E-state index in [2.05, 4.69) is 12.1 Å². The lowest BCUT2D eigenvalue weighted by molar-refractivity contribution is 0.561. The van der Waals surface area contributed by atoms with Gasteiger partial charge >= 0.3 is 0 Å². The molecule has 2 aromatic rings. The van der Waals surface area contributed by atoms with Crippen LogP contribution in [0, 0.1) is 18.6 Å². The summed E-state index contributed by atoms with van der Waals surface area (Å²) in [5, 5.41) is 0. The first-order chi connectivity index (χ1) is 9.56. The van der Waals surface area contributed by atoms with E-state index in [1.807, 2.05) is 6.07 Å². The maximum absolute atomic E-state index is 13.9. The third-order valence-corrected chi connectivity index (χ3v) is 4.09. The molecule has 0 saturated heterocycles. The Kier molecular flexibility index (Phi) is 3.30. The number of fused-ring (bicyclic) bond motifs is 1. The molecule has 1 atom stereocenters. The third-order valence-electron chi connectivity index (χ3n) is 4.09. The van der Waals surface area contributed by atoms with Gasteiger partial charge in [0.2, 0.25) is 0 Å². The predicted octanol–water partition coefficient (Wildman–Crippen LogP) is 3.81. The van der Waals surface area contributed by atoms with Gasteiger partial charge in [0.05, 0.1) is 6.04 Å². The highest BCUT2D eigenvalue weighted by molar-refractivity contribution is 5.41. The van der Waals surface area contributed by atoms with Crippen LogP contribution in [0.15, 0.2) is 30.3 Å². The Balaban J connectivity index is 2.00. The minimum atomic E-state index is -0.582. The zero-order valence-corrected chi connectivity index (χ0v) is 11.4. The average Bonchev–Trinajstić information content (AvgIpc) is 2.89. The standard InChI is InChI=1S/C17H17F2N/c1-10-7-14(16(19)9-15(10)18)17(20)13-6-5-11-3-2-4-12(11)8-13/h5-9,17H,2-4,20H2,1H3. The van der Waals surface area contributed by atoms with E-state index in [1.54, 1.807) is 6.92 Å². The van der Waals surface area contributed by atoms with Gasteiger partial charge in [0, 0.05) is 11.6 Å². The van der Waals surface area contributed by atoms with Gasteiger partial charge in [0.15, 0.2) is 0 Å². The number of rotatable bonds is 2. The molecule has 2 N–H and O–H groups in total. The quantitative estimate of drug-likeness (QED) is 0.884. The second kappa shape index (κ2) is 4.98. The van der Waals surface area contributed by atoms with Crippen LogP contribution in [-0.4, -0.2) is 0 Å². The van der Waals surface area contributed by atoms with Gasteiger partial charge in [-0.2, -0.15) is 0 Å². The normalized spacial score (nSPS) is 15.2. The molecule has 0 bridgehead atoms. The maximum Gasteiger partial charge on any atom is 0.131 e. The van der Waals surface area contributed by atoms with Crippen LogP contribution in [0.4, 0.5) is 8.78 Å². The van der Waals surface area contributed by atoms with Crippen LogP contribution in [0.5, 0.6) is 0 Å². The molecule has 0 saturated carbocycles. The van der Waals surface area contributed by atoms with Crippen molar-refractivity contribution < 1.29 is 8.78 Å². The first-order valence-corrected chi connectivity index (χ1v) is 6.89. The van der Waals surface area contributed by atoms with E-state index < -0.39 is 17.7 Å². The SMILES string of the molecule is Cc1cc(C(N)c2ccc3c(c2)CCC3)c(F)cc1F. The smallest absolute Gasteiger partial charge is 0.131 e. The maximum atomic E-state index is 13.9. The van der Waals surface area contributed by atoms with Crippen LogP contribution in [0.2, 0.25) is 0 Å². The largest absolute Gasteiger partial charge is 0.320 e. The Morgan fingerprint density at radius 1 is 1.00 bits per heavy atom. The van der Waals surface area contributed by atoms with E-state index in [0.29, 0.717) is 11.1 Å². The van der Waals surface area contributed by atoms with Crippen molar-refractivity contribution in [3.05, 3.63) is 69.8 Å². The lowest BCUT2D eigenvalue weighted by Gasteiger charge is -2.16. The van der Waals surface area contributed by atoms with Crippen molar-refractivity contribution in [1.82, 2.24) is 0 Å². The summed E-state index contributed by atoms with van der Waals surface area (Å²) in [6.07, 6.45) is 3.33. The lowest BCUT2D eigenvalue weighted by Crippen LogP contribution is -2.14. The fourth-order valence-electron chi connectivity index (χ4n) is 2.88. The first-order valence-electron chi connectivity index (χ1n) is 6.89. The van der Waals surface area contributed by atoms with E-state index in [4.69, 9.17) is 5.73 Å². The summed E-state index contributed by atoms with van der Waals surface area (Å²) in [4.78, 5) is 0. The van der Waals surface area contributed by atoms with Gasteiger partial charge in [-0.25, -0.2) is 8.78 Å². The molecule has 0 amide bonds. The van der Waals surface area contributed by atoms with Crippen molar-refractivity contribution in [2.75, 3.05) is 0 Å². The van der Waals surface area contributed by atoms with Crippen molar-refractivity contribution >= 4 is 0 Å². The van der Waals surface area contributed by atoms with Crippen LogP contribution >= 0.6 is 0 Å². The zero-order valence-electron chi connectivity index (χ0n) is 11.4. The third kappa shape index (κ3) is 2.22. The fraction of sp³-hybridized carbons (Fsp3) is 0.294. The average molecular weight is 273 g/mol. The second-order valence-electron chi connectivity index (χ2n) is 5.48. The van der Waals surface area contributed by atoms with E-state index in [1.165, 1.54) is 17.2 Å². The molecule has 1 nitrogen and oxygen atoms in total. The highest BCUT2D eigenvalue weighted by Gasteiger charge is 2.18. The van der Waals surface area contributed by atoms with Crippen LogP contribution in [0.25, 0.3) is 0 Å². The summed E-state index contributed by atoms with van der Waals surface area (Å²) in [5.41, 5.74) is 10.5. The molecule has 2 aromatic carbocycles. The summed E-state index contributed by atoms with van der Waals surface area (Å²) >= 11 is 0. The molecule has 20 heavy (non-hydrogen) atoms. The molecule has 0 aliphatic heterocycles. The van der Waals surface area contributed by atoms with Crippen LogP contribution in [0.3, 0.4) is 0 Å². The molecule has 1 aliphatic carbocycles. The highest BCUT2D eigenvalue weighted by atomic mass is 19.1. The Labute approximate surface area is 117 Å². The molecule has 3 rings (SSSR count). The van der Waals surface area contributed by atoms with Crippen molar-refractivity contribution in [3.8, 4) is 0 Å². The number of halogens is 2. The highest BCUT2D eigenvalue weighted by Crippen LogP contribution is 2.29. The number of hydrogen-bond acceptors (Lipinski definition) is 1.